The molecule has 3 heteroatoms. The summed E-state index contributed by atoms with van der Waals surface area (Å²) < 4.78 is 2.48. The van der Waals surface area contributed by atoms with Crippen molar-refractivity contribution >= 4 is 0 Å². The van der Waals surface area contributed by atoms with Crippen molar-refractivity contribution in [1.82, 2.24) is 14.9 Å². The number of aromatic nitrogens is 2. The predicted molar refractivity (Wildman–Crippen MR) is 69.1 cm³/mol. The first-order valence-electron chi connectivity index (χ1n) is 7.08. The topological polar surface area (TPSA) is 29.9 Å². The molecule has 1 aromatic heterocycles. The summed E-state index contributed by atoms with van der Waals surface area (Å²) in [6.07, 6.45) is 10.9. The fourth-order valence-corrected chi connectivity index (χ4v) is 3.55. The van der Waals surface area contributed by atoms with Gasteiger partial charge in [-0.3, -0.25) is 0 Å². The van der Waals surface area contributed by atoms with Crippen LogP contribution in [0, 0.1) is 5.92 Å². The summed E-state index contributed by atoms with van der Waals surface area (Å²) in [6.45, 7) is 4.71. The minimum Gasteiger partial charge on any atom is -0.331 e. The molecule has 3 nitrogen and oxygen atoms in total. The lowest BCUT2D eigenvalue weighted by atomic mass is 9.95. The molecule has 2 fully saturated rings. The van der Waals surface area contributed by atoms with Gasteiger partial charge in [0.25, 0.3) is 0 Å². The van der Waals surface area contributed by atoms with Crippen LogP contribution in [0.5, 0.6) is 0 Å². The van der Waals surface area contributed by atoms with Gasteiger partial charge in [-0.15, -0.1) is 0 Å². The van der Waals surface area contributed by atoms with Crippen LogP contribution in [0.15, 0.2) is 12.5 Å². The van der Waals surface area contributed by atoms with E-state index < -0.39 is 0 Å². The van der Waals surface area contributed by atoms with Crippen LogP contribution in [0.3, 0.4) is 0 Å². The van der Waals surface area contributed by atoms with Gasteiger partial charge in [0.05, 0.1) is 6.33 Å². The van der Waals surface area contributed by atoms with E-state index in [4.69, 9.17) is 0 Å². The van der Waals surface area contributed by atoms with Gasteiger partial charge < -0.3 is 9.88 Å². The lowest BCUT2D eigenvalue weighted by molar-refractivity contribution is 0.371. The van der Waals surface area contributed by atoms with Crippen molar-refractivity contribution < 1.29 is 0 Å². The van der Waals surface area contributed by atoms with E-state index in [0.29, 0.717) is 12.0 Å². The maximum Gasteiger partial charge on any atom is 0.0950 e. The van der Waals surface area contributed by atoms with E-state index >= 15 is 0 Å². The molecule has 1 aliphatic carbocycles. The maximum atomic E-state index is 4.41. The summed E-state index contributed by atoms with van der Waals surface area (Å²) in [4.78, 5) is 4.41. The lowest BCUT2D eigenvalue weighted by Crippen LogP contribution is -2.30. The number of hydrogen-bond acceptors (Lipinski definition) is 2. The second-order valence-electron chi connectivity index (χ2n) is 5.74. The molecule has 0 amide bonds. The highest BCUT2D eigenvalue weighted by molar-refractivity contribution is 5.10. The molecule has 1 saturated heterocycles. The summed E-state index contributed by atoms with van der Waals surface area (Å²) in [7, 11) is 0. The first-order chi connectivity index (χ1) is 8.36. The Balaban J connectivity index is 1.82. The number of piperidine rings is 1. The van der Waals surface area contributed by atoms with Crippen molar-refractivity contribution in [1.29, 1.82) is 0 Å². The Morgan fingerprint density at radius 1 is 1.29 bits per heavy atom. The van der Waals surface area contributed by atoms with E-state index in [1.165, 1.54) is 44.3 Å². The van der Waals surface area contributed by atoms with Crippen LogP contribution in [0.25, 0.3) is 0 Å². The highest BCUT2D eigenvalue weighted by Gasteiger charge is 2.28. The SMILES string of the molecule is CC1CCCC1n1cncc1C1CCCNC1. The van der Waals surface area contributed by atoms with Crippen LogP contribution in [-0.4, -0.2) is 22.6 Å². The summed E-state index contributed by atoms with van der Waals surface area (Å²) in [5.74, 6) is 1.50. The Morgan fingerprint density at radius 3 is 2.94 bits per heavy atom. The molecule has 1 N–H and O–H groups in total. The number of nitrogens with zero attached hydrogens (tertiary/aromatic N) is 2. The fraction of sp³-hybridized carbons (Fsp3) is 0.786. The molecule has 1 aromatic rings. The van der Waals surface area contributed by atoms with E-state index in [2.05, 4.69) is 34.3 Å². The largest absolute Gasteiger partial charge is 0.331 e. The smallest absolute Gasteiger partial charge is 0.0950 e. The van der Waals surface area contributed by atoms with Gasteiger partial charge in [0.2, 0.25) is 0 Å². The van der Waals surface area contributed by atoms with Crippen LogP contribution < -0.4 is 5.32 Å². The van der Waals surface area contributed by atoms with Crippen LogP contribution in [0.2, 0.25) is 0 Å². The average Bonchev–Trinajstić information content (AvgIpc) is 2.98. The van der Waals surface area contributed by atoms with Crippen molar-refractivity contribution in [3.8, 4) is 0 Å². The Labute approximate surface area is 104 Å². The molecule has 0 radical (unpaired) electrons. The second kappa shape index (κ2) is 4.81. The molecule has 0 aromatic carbocycles. The summed E-state index contributed by atoms with van der Waals surface area (Å²) in [5, 5.41) is 3.51. The van der Waals surface area contributed by atoms with Crippen LogP contribution in [-0.2, 0) is 0 Å². The maximum absolute atomic E-state index is 4.41. The molecular formula is C14H23N3. The Morgan fingerprint density at radius 2 is 2.24 bits per heavy atom. The van der Waals surface area contributed by atoms with Crippen LogP contribution in [0.1, 0.15) is 56.7 Å². The molecule has 0 spiro atoms. The Hall–Kier alpha value is -0.830. The molecule has 3 unspecified atom stereocenters. The number of rotatable bonds is 2. The van der Waals surface area contributed by atoms with Crippen molar-refractivity contribution in [3.63, 3.8) is 0 Å². The first kappa shape index (κ1) is 11.3. The number of imidazole rings is 1. The van der Waals surface area contributed by atoms with Crippen molar-refractivity contribution in [2.75, 3.05) is 13.1 Å². The van der Waals surface area contributed by atoms with Gasteiger partial charge in [-0.25, -0.2) is 4.98 Å². The van der Waals surface area contributed by atoms with Gasteiger partial charge in [-0.1, -0.05) is 13.3 Å². The highest BCUT2D eigenvalue weighted by Crippen LogP contribution is 2.37. The van der Waals surface area contributed by atoms with Crippen molar-refractivity contribution in [2.24, 2.45) is 5.92 Å². The van der Waals surface area contributed by atoms with E-state index in [1.54, 1.807) is 0 Å². The molecule has 1 saturated carbocycles. The quantitative estimate of drug-likeness (QED) is 0.851. The van der Waals surface area contributed by atoms with Crippen LogP contribution in [0.4, 0.5) is 0 Å². The molecule has 3 atom stereocenters. The zero-order valence-corrected chi connectivity index (χ0v) is 10.7. The third-order valence-corrected chi connectivity index (χ3v) is 4.58. The summed E-state index contributed by atoms with van der Waals surface area (Å²) in [5.41, 5.74) is 1.47. The Kier molecular flexibility index (Phi) is 3.19. The zero-order valence-electron chi connectivity index (χ0n) is 10.7. The molecule has 2 heterocycles. The summed E-state index contributed by atoms with van der Waals surface area (Å²) >= 11 is 0. The van der Waals surface area contributed by atoms with Gasteiger partial charge in [0, 0.05) is 30.4 Å². The van der Waals surface area contributed by atoms with Gasteiger partial charge in [0.15, 0.2) is 0 Å². The monoisotopic (exact) mass is 233 g/mol. The van der Waals surface area contributed by atoms with E-state index in [9.17, 15) is 0 Å². The first-order valence-corrected chi connectivity index (χ1v) is 7.08. The third-order valence-electron chi connectivity index (χ3n) is 4.58. The number of nitrogens with one attached hydrogen (secondary N) is 1. The molecular weight excluding hydrogens is 210 g/mol. The zero-order chi connectivity index (χ0) is 11.7. The fourth-order valence-electron chi connectivity index (χ4n) is 3.55. The molecule has 1 aliphatic heterocycles. The van der Waals surface area contributed by atoms with Crippen molar-refractivity contribution in [2.45, 2.75) is 51.0 Å². The van der Waals surface area contributed by atoms with E-state index in [0.717, 1.165) is 12.5 Å². The molecule has 2 aliphatic rings. The van der Waals surface area contributed by atoms with Gasteiger partial charge >= 0.3 is 0 Å². The van der Waals surface area contributed by atoms with E-state index in [1.807, 2.05) is 0 Å². The minimum absolute atomic E-state index is 0.680. The third kappa shape index (κ3) is 2.13. The Bertz CT molecular complexity index is 365. The van der Waals surface area contributed by atoms with Crippen LogP contribution >= 0.6 is 0 Å². The molecule has 3 rings (SSSR count). The summed E-state index contributed by atoms with van der Waals surface area (Å²) in [6, 6.07) is 0.703. The molecule has 94 valence electrons. The van der Waals surface area contributed by atoms with Gasteiger partial charge in [0.1, 0.15) is 0 Å². The number of hydrogen-bond donors (Lipinski definition) is 1. The second-order valence-corrected chi connectivity index (χ2v) is 5.74. The van der Waals surface area contributed by atoms with Gasteiger partial charge in [-0.05, 0) is 38.1 Å². The van der Waals surface area contributed by atoms with Gasteiger partial charge in [-0.2, -0.15) is 0 Å². The minimum atomic E-state index is 0.680. The molecule has 17 heavy (non-hydrogen) atoms. The van der Waals surface area contributed by atoms with E-state index in [-0.39, 0.29) is 0 Å². The molecule has 0 bridgehead atoms. The normalized spacial score (nSPS) is 34.1. The lowest BCUT2D eigenvalue weighted by Gasteiger charge is -2.27. The standard InChI is InChI=1S/C14H23N3/c1-11-4-2-6-13(11)17-10-16-9-14(17)12-5-3-7-15-8-12/h9-13,15H,2-8H2,1H3. The highest BCUT2D eigenvalue weighted by atomic mass is 15.1. The van der Waals surface area contributed by atoms with Crippen molar-refractivity contribution in [3.05, 3.63) is 18.2 Å². The average molecular weight is 233 g/mol. The predicted octanol–water partition coefficient (Wildman–Crippen LogP) is 2.71.